The predicted octanol–water partition coefficient (Wildman–Crippen LogP) is 1.62. The summed E-state index contributed by atoms with van der Waals surface area (Å²) in [5, 5.41) is 8.47. The molecule has 0 unspecified atom stereocenters. The van der Waals surface area contributed by atoms with Crippen molar-refractivity contribution in [3.63, 3.8) is 0 Å². The number of unbranched alkanes of at least 4 members (excludes halogenated alkanes) is 1. The minimum atomic E-state index is 0.00782. The van der Waals surface area contributed by atoms with Crippen LogP contribution in [0.3, 0.4) is 0 Å². The highest BCUT2D eigenvalue weighted by Gasteiger charge is 2.06. The van der Waals surface area contributed by atoms with Crippen LogP contribution in [0, 0.1) is 0 Å². The van der Waals surface area contributed by atoms with Crippen molar-refractivity contribution in [2.75, 3.05) is 6.61 Å². The van der Waals surface area contributed by atoms with Crippen LogP contribution < -0.4 is 0 Å². The van der Waals surface area contributed by atoms with E-state index >= 15 is 0 Å². The van der Waals surface area contributed by atoms with E-state index in [0.29, 0.717) is 18.6 Å². The highest BCUT2D eigenvalue weighted by atomic mass is 16.3. The number of rotatable bonds is 5. The fourth-order valence-electron chi connectivity index (χ4n) is 0.958. The van der Waals surface area contributed by atoms with Crippen molar-refractivity contribution in [3.8, 4) is 0 Å². The standard InChI is InChI=1S/C9H12O3/c10-6-2-1-4-8(11)9-5-3-7-12-9/h3,5,7,10H,1-2,4,6H2. The Morgan fingerprint density at radius 3 is 2.92 bits per heavy atom. The quantitative estimate of drug-likeness (QED) is 0.537. The molecule has 1 heterocycles. The summed E-state index contributed by atoms with van der Waals surface area (Å²) in [6, 6.07) is 3.35. The Morgan fingerprint density at radius 1 is 1.50 bits per heavy atom. The third-order valence-corrected chi connectivity index (χ3v) is 1.61. The molecule has 1 rings (SSSR count). The van der Waals surface area contributed by atoms with Crippen LogP contribution in [0.1, 0.15) is 29.8 Å². The van der Waals surface area contributed by atoms with Gasteiger partial charge in [-0.2, -0.15) is 0 Å². The SMILES string of the molecule is O=C(CCCCO)c1ccco1. The van der Waals surface area contributed by atoms with E-state index in [1.165, 1.54) is 6.26 Å². The summed E-state index contributed by atoms with van der Waals surface area (Å²) in [5.41, 5.74) is 0. The smallest absolute Gasteiger partial charge is 0.197 e. The Hall–Kier alpha value is -1.09. The number of Topliss-reactive ketones (excluding diaryl/α,β-unsaturated/α-hetero) is 1. The van der Waals surface area contributed by atoms with Gasteiger partial charge in [0.1, 0.15) is 0 Å². The van der Waals surface area contributed by atoms with Crippen molar-refractivity contribution < 1.29 is 14.3 Å². The van der Waals surface area contributed by atoms with E-state index in [4.69, 9.17) is 9.52 Å². The lowest BCUT2D eigenvalue weighted by Crippen LogP contribution is -1.97. The lowest BCUT2D eigenvalue weighted by Gasteiger charge is -1.94. The fourth-order valence-corrected chi connectivity index (χ4v) is 0.958. The lowest BCUT2D eigenvalue weighted by molar-refractivity contribution is 0.0950. The second kappa shape index (κ2) is 4.72. The van der Waals surface area contributed by atoms with Crippen molar-refractivity contribution in [3.05, 3.63) is 24.2 Å². The van der Waals surface area contributed by atoms with Crippen LogP contribution in [0.25, 0.3) is 0 Å². The zero-order chi connectivity index (χ0) is 8.81. The molecule has 0 bridgehead atoms. The molecule has 0 aromatic carbocycles. The molecular formula is C9H12O3. The van der Waals surface area contributed by atoms with Gasteiger partial charge in [-0.3, -0.25) is 4.79 Å². The van der Waals surface area contributed by atoms with Gasteiger partial charge in [-0.25, -0.2) is 0 Å². The van der Waals surface area contributed by atoms with Crippen molar-refractivity contribution in [1.29, 1.82) is 0 Å². The molecule has 0 spiro atoms. The summed E-state index contributed by atoms with van der Waals surface area (Å²) in [7, 11) is 0. The van der Waals surface area contributed by atoms with Gasteiger partial charge in [0.25, 0.3) is 0 Å². The van der Waals surface area contributed by atoms with Crippen LogP contribution in [0.2, 0.25) is 0 Å². The highest BCUT2D eigenvalue weighted by molar-refractivity contribution is 5.93. The number of aliphatic hydroxyl groups is 1. The van der Waals surface area contributed by atoms with E-state index in [9.17, 15) is 4.79 Å². The second-order valence-corrected chi connectivity index (χ2v) is 2.58. The molecule has 66 valence electrons. The molecule has 0 aliphatic heterocycles. The molecule has 1 aromatic heterocycles. The van der Waals surface area contributed by atoms with Gasteiger partial charge in [0.2, 0.25) is 0 Å². The Morgan fingerprint density at radius 2 is 2.33 bits per heavy atom. The van der Waals surface area contributed by atoms with Gasteiger partial charge in [0, 0.05) is 13.0 Å². The zero-order valence-electron chi connectivity index (χ0n) is 6.82. The molecule has 1 aromatic rings. The first-order valence-corrected chi connectivity index (χ1v) is 4.02. The van der Waals surface area contributed by atoms with E-state index in [2.05, 4.69) is 0 Å². The van der Waals surface area contributed by atoms with E-state index < -0.39 is 0 Å². The lowest BCUT2D eigenvalue weighted by atomic mass is 10.1. The molecular weight excluding hydrogens is 156 g/mol. The van der Waals surface area contributed by atoms with Gasteiger partial charge >= 0.3 is 0 Å². The largest absolute Gasteiger partial charge is 0.461 e. The molecule has 0 amide bonds. The van der Waals surface area contributed by atoms with E-state index in [1.807, 2.05) is 0 Å². The average Bonchev–Trinajstić information content (AvgIpc) is 2.56. The Labute approximate surface area is 71.0 Å². The van der Waals surface area contributed by atoms with E-state index in [0.717, 1.165) is 6.42 Å². The summed E-state index contributed by atoms with van der Waals surface area (Å²) in [4.78, 5) is 11.2. The Bertz CT molecular complexity index is 226. The molecule has 0 fully saturated rings. The monoisotopic (exact) mass is 168 g/mol. The summed E-state index contributed by atoms with van der Waals surface area (Å²) >= 11 is 0. The van der Waals surface area contributed by atoms with Crippen LogP contribution in [-0.4, -0.2) is 17.5 Å². The molecule has 0 radical (unpaired) electrons. The Balaban J connectivity index is 2.30. The van der Waals surface area contributed by atoms with Crippen LogP contribution in [0.5, 0.6) is 0 Å². The van der Waals surface area contributed by atoms with E-state index in [1.54, 1.807) is 12.1 Å². The van der Waals surface area contributed by atoms with E-state index in [-0.39, 0.29) is 12.4 Å². The molecule has 3 heteroatoms. The minimum Gasteiger partial charge on any atom is -0.461 e. The van der Waals surface area contributed by atoms with Gasteiger partial charge < -0.3 is 9.52 Å². The molecule has 0 atom stereocenters. The topological polar surface area (TPSA) is 50.4 Å². The number of hydrogen-bond acceptors (Lipinski definition) is 3. The van der Waals surface area contributed by atoms with Crippen molar-refractivity contribution in [1.82, 2.24) is 0 Å². The van der Waals surface area contributed by atoms with Gasteiger partial charge in [0.15, 0.2) is 11.5 Å². The number of hydrogen-bond donors (Lipinski definition) is 1. The highest BCUT2D eigenvalue weighted by Crippen LogP contribution is 2.06. The number of carbonyl (C=O) groups excluding carboxylic acids is 1. The van der Waals surface area contributed by atoms with Crippen LogP contribution in [-0.2, 0) is 0 Å². The molecule has 3 nitrogen and oxygen atoms in total. The van der Waals surface area contributed by atoms with Crippen molar-refractivity contribution in [2.24, 2.45) is 0 Å². The normalized spacial score (nSPS) is 10.1. The first-order valence-electron chi connectivity index (χ1n) is 4.02. The first-order chi connectivity index (χ1) is 5.84. The molecule has 0 saturated carbocycles. The minimum absolute atomic E-state index is 0.00782. The van der Waals surface area contributed by atoms with Gasteiger partial charge in [-0.1, -0.05) is 0 Å². The molecule has 1 N–H and O–H groups in total. The maximum atomic E-state index is 11.2. The fraction of sp³-hybridized carbons (Fsp3) is 0.444. The summed E-state index contributed by atoms with van der Waals surface area (Å²) < 4.78 is 4.91. The van der Waals surface area contributed by atoms with Gasteiger partial charge in [-0.05, 0) is 25.0 Å². The summed E-state index contributed by atoms with van der Waals surface area (Å²) in [6.07, 6.45) is 3.33. The number of aliphatic hydroxyl groups excluding tert-OH is 1. The van der Waals surface area contributed by atoms with Crippen LogP contribution in [0.15, 0.2) is 22.8 Å². The molecule has 0 saturated heterocycles. The maximum absolute atomic E-state index is 11.2. The van der Waals surface area contributed by atoms with Crippen LogP contribution >= 0.6 is 0 Å². The van der Waals surface area contributed by atoms with Gasteiger partial charge in [-0.15, -0.1) is 0 Å². The van der Waals surface area contributed by atoms with Crippen molar-refractivity contribution >= 4 is 5.78 Å². The molecule has 0 aliphatic rings. The average molecular weight is 168 g/mol. The number of carbonyl (C=O) groups is 1. The van der Waals surface area contributed by atoms with Crippen molar-refractivity contribution in [2.45, 2.75) is 19.3 Å². The maximum Gasteiger partial charge on any atom is 0.197 e. The second-order valence-electron chi connectivity index (χ2n) is 2.58. The predicted molar refractivity (Wildman–Crippen MR) is 44.0 cm³/mol. The Kier molecular flexibility index (Phi) is 3.54. The molecule has 12 heavy (non-hydrogen) atoms. The third-order valence-electron chi connectivity index (χ3n) is 1.61. The summed E-state index contributed by atoms with van der Waals surface area (Å²) in [6.45, 7) is 0.144. The number of furan rings is 1. The van der Waals surface area contributed by atoms with Gasteiger partial charge in [0.05, 0.1) is 6.26 Å². The zero-order valence-corrected chi connectivity index (χ0v) is 6.82. The first kappa shape index (κ1) is 9.00. The third kappa shape index (κ3) is 2.51. The summed E-state index contributed by atoms with van der Waals surface area (Å²) in [5.74, 6) is 0.418. The number of ketones is 1. The van der Waals surface area contributed by atoms with Crippen LogP contribution in [0.4, 0.5) is 0 Å². The molecule has 0 aliphatic carbocycles.